The molecule has 2 aromatic rings. The van der Waals surface area contributed by atoms with Crippen LogP contribution in [0.4, 0.5) is 0 Å². The first-order valence-electron chi connectivity index (χ1n) is 7.15. The third kappa shape index (κ3) is 4.56. The summed E-state index contributed by atoms with van der Waals surface area (Å²) in [6.07, 6.45) is 1.11. The maximum atomic E-state index is 11.9. The number of carbonyl (C=O) groups is 1. The number of nitrogens with zero attached hydrogens (tertiary/aromatic N) is 1. The fourth-order valence-electron chi connectivity index (χ4n) is 2.04. The molecule has 0 bridgehead atoms. The van der Waals surface area contributed by atoms with Crippen LogP contribution in [0.1, 0.15) is 30.0 Å². The van der Waals surface area contributed by atoms with Crippen molar-refractivity contribution in [2.24, 2.45) is 5.10 Å². The second kappa shape index (κ2) is 7.39. The molecule has 0 spiro atoms. The molecule has 0 atom stereocenters. The van der Waals surface area contributed by atoms with Gasteiger partial charge in [0.1, 0.15) is 0 Å². The molecular weight excluding hydrogens is 260 g/mol. The maximum Gasteiger partial charge on any atom is 0.244 e. The first-order chi connectivity index (χ1) is 10.2. The molecule has 1 N–H and O–H groups in total. The standard InChI is InChI=1S/C18H20N2O/c1-3-17(16-11-9-14(2)10-12-16)19-20-18(21)13-15-7-5-4-6-8-15/h4-12H,3,13H2,1-2H3,(H,20,21)/b19-17+. The van der Waals surface area contributed by atoms with Crippen molar-refractivity contribution in [3.63, 3.8) is 0 Å². The fourth-order valence-corrected chi connectivity index (χ4v) is 2.04. The molecule has 2 aromatic carbocycles. The smallest absolute Gasteiger partial charge is 0.244 e. The van der Waals surface area contributed by atoms with Gasteiger partial charge >= 0.3 is 0 Å². The number of carbonyl (C=O) groups excluding carboxylic acids is 1. The Hall–Kier alpha value is -2.42. The largest absolute Gasteiger partial charge is 0.273 e. The molecule has 0 radical (unpaired) electrons. The lowest BCUT2D eigenvalue weighted by Crippen LogP contribution is -2.21. The van der Waals surface area contributed by atoms with Gasteiger partial charge in [-0.25, -0.2) is 5.43 Å². The van der Waals surface area contributed by atoms with Gasteiger partial charge in [-0.05, 0) is 24.5 Å². The van der Waals surface area contributed by atoms with E-state index >= 15 is 0 Å². The van der Waals surface area contributed by atoms with Crippen molar-refractivity contribution in [1.82, 2.24) is 5.43 Å². The van der Waals surface area contributed by atoms with Gasteiger partial charge in [-0.15, -0.1) is 0 Å². The Bertz CT molecular complexity index is 615. The Kier molecular flexibility index (Phi) is 5.27. The van der Waals surface area contributed by atoms with Crippen LogP contribution in [0.2, 0.25) is 0 Å². The summed E-state index contributed by atoms with van der Waals surface area (Å²) >= 11 is 0. The highest BCUT2D eigenvalue weighted by Gasteiger charge is 2.04. The molecule has 0 aromatic heterocycles. The molecule has 3 nitrogen and oxygen atoms in total. The van der Waals surface area contributed by atoms with Crippen molar-refractivity contribution in [1.29, 1.82) is 0 Å². The van der Waals surface area contributed by atoms with E-state index in [0.717, 1.165) is 23.3 Å². The number of benzene rings is 2. The molecule has 0 aliphatic rings. The summed E-state index contributed by atoms with van der Waals surface area (Å²) in [6, 6.07) is 17.8. The highest BCUT2D eigenvalue weighted by atomic mass is 16.2. The van der Waals surface area contributed by atoms with Crippen LogP contribution < -0.4 is 5.43 Å². The van der Waals surface area contributed by atoms with E-state index in [2.05, 4.69) is 10.5 Å². The zero-order chi connectivity index (χ0) is 15.1. The van der Waals surface area contributed by atoms with Gasteiger partial charge < -0.3 is 0 Å². The van der Waals surface area contributed by atoms with Crippen LogP contribution in [0.25, 0.3) is 0 Å². The molecule has 0 fully saturated rings. The molecule has 108 valence electrons. The SMILES string of the molecule is CC/C(=N\NC(=O)Cc1ccccc1)c1ccc(C)cc1. The number of hydrogen-bond donors (Lipinski definition) is 1. The van der Waals surface area contributed by atoms with Crippen LogP contribution in [0, 0.1) is 6.92 Å². The van der Waals surface area contributed by atoms with Gasteiger partial charge in [-0.1, -0.05) is 67.1 Å². The van der Waals surface area contributed by atoms with Crippen molar-refractivity contribution >= 4 is 11.6 Å². The van der Waals surface area contributed by atoms with Gasteiger partial charge in [0.25, 0.3) is 0 Å². The number of aryl methyl sites for hydroxylation is 1. The van der Waals surface area contributed by atoms with Gasteiger partial charge in [0, 0.05) is 0 Å². The summed E-state index contributed by atoms with van der Waals surface area (Å²) in [5.74, 6) is -0.0979. The summed E-state index contributed by atoms with van der Waals surface area (Å²) in [6.45, 7) is 4.08. The minimum Gasteiger partial charge on any atom is -0.273 e. The average Bonchev–Trinajstić information content (AvgIpc) is 2.50. The van der Waals surface area contributed by atoms with E-state index in [-0.39, 0.29) is 5.91 Å². The zero-order valence-corrected chi connectivity index (χ0v) is 12.5. The average molecular weight is 280 g/mol. The second-order valence-electron chi connectivity index (χ2n) is 4.98. The Balaban J connectivity index is 2.00. The highest BCUT2D eigenvalue weighted by molar-refractivity contribution is 6.00. The van der Waals surface area contributed by atoms with E-state index in [1.54, 1.807) is 0 Å². The van der Waals surface area contributed by atoms with Crippen LogP contribution in [0.15, 0.2) is 59.7 Å². The topological polar surface area (TPSA) is 41.5 Å². The molecule has 3 heteroatoms. The Morgan fingerprint density at radius 2 is 1.71 bits per heavy atom. The number of hydrazone groups is 1. The molecule has 0 unspecified atom stereocenters. The molecule has 1 amide bonds. The van der Waals surface area contributed by atoms with E-state index < -0.39 is 0 Å². The summed E-state index contributed by atoms with van der Waals surface area (Å²) in [7, 11) is 0. The van der Waals surface area contributed by atoms with E-state index in [0.29, 0.717) is 6.42 Å². The number of rotatable bonds is 5. The summed E-state index contributed by atoms with van der Waals surface area (Å²) in [4.78, 5) is 11.9. The third-order valence-electron chi connectivity index (χ3n) is 3.24. The van der Waals surface area contributed by atoms with Gasteiger partial charge in [0.05, 0.1) is 12.1 Å². The predicted octanol–water partition coefficient (Wildman–Crippen LogP) is 3.47. The molecule has 0 aliphatic heterocycles. The van der Waals surface area contributed by atoms with Gasteiger partial charge in [-0.2, -0.15) is 5.10 Å². The van der Waals surface area contributed by atoms with Gasteiger partial charge in [0.2, 0.25) is 5.91 Å². The van der Waals surface area contributed by atoms with Crippen LogP contribution in [0.5, 0.6) is 0 Å². The lowest BCUT2D eigenvalue weighted by atomic mass is 10.1. The minimum absolute atomic E-state index is 0.0979. The number of hydrogen-bond acceptors (Lipinski definition) is 2. The second-order valence-corrected chi connectivity index (χ2v) is 4.98. The molecular formula is C18H20N2O. The molecule has 0 saturated heterocycles. The maximum absolute atomic E-state index is 11.9. The third-order valence-corrected chi connectivity index (χ3v) is 3.24. The normalized spacial score (nSPS) is 11.2. The summed E-state index contributed by atoms with van der Waals surface area (Å²) < 4.78 is 0. The van der Waals surface area contributed by atoms with Crippen molar-refractivity contribution in [3.8, 4) is 0 Å². The monoisotopic (exact) mass is 280 g/mol. The number of amides is 1. The van der Waals surface area contributed by atoms with Crippen molar-refractivity contribution < 1.29 is 4.79 Å². The Morgan fingerprint density at radius 1 is 1.05 bits per heavy atom. The van der Waals surface area contributed by atoms with Crippen LogP contribution in [-0.2, 0) is 11.2 Å². The molecule has 0 saturated carbocycles. The quantitative estimate of drug-likeness (QED) is 0.661. The summed E-state index contributed by atoms with van der Waals surface area (Å²) in [5, 5.41) is 4.26. The fraction of sp³-hybridized carbons (Fsp3) is 0.222. The molecule has 0 heterocycles. The van der Waals surface area contributed by atoms with Crippen molar-refractivity contribution in [3.05, 3.63) is 71.3 Å². The van der Waals surface area contributed by atoms with Gasteiger partial charge in [0.15, 0.2) is 0 Å². The van der Waals surface area contributed by atoms with Crippen LogP contribution in [-0.4, -0.2) is 11.6 Å². The molecule has 21 heavy (non-hydrogen) atoms. The zero-order valence-electron chi connectivity index (χ0n) is 12.5. The lowest BCUT2D eigenvalue weighted by molar-refractivity contribution is -0.120. The van der Waals surface area contributed by atoms with E-state index in [1.807, 2.05) is 68.4 Å². The van der Waals surface area contributed by atoms with Crippen LogP contribution >= 0.6 is 0 Å². The Morgan fingerprint density at radius 3 is 2.33 bits per heavy atom. The van der Waals surface area contributed by atoms with Crippen molar-refractivity contribution in [2.45, 2.75) is 26.7 Å². The number of nitrogens with one attached hydrogen (secondary N) is 1. The Labute approximate surface area is 125 Å². The lowest BCUT2D eigenvalue weighted by Gasteiger charge is -2.06. The van der Waals surface area contributed by atoms with Crippen molar-refractivity contribution in [2.75, 3.05) is 0 Å². The highest BCUT2D eigenvalue weighted by Crippen LogP contribution is 2.07. The van der Waals surface area contributed by atoms with E-state index in [4.69, 9.17) is 0 Å². The van der Waals surface area contributed by atoms with Gasteiger partial charge in [-0.3, -0.25) is 4.79 Å². The first kappa shape index (κ1) is 15.0. The summed E-state index contributed by atoms with van der Waals surface area (Å²) in [5.41, 5.74) is 6.77. The minimum atomic E-state index is -0.0979. The predicted molar refractivity (Wildman–Crippen MR) is 86.3 cm³/mol. The van der Waals surface area contributed by atoms with E-state index in [1.165, 1.54) is 5.56 Å². The molecule has 0 aliphatic carbocycles. The molecule has 2 rings (SSSR count). The first-order valence-corrected chi connectivity index (χ1v) is 7.15. The van der Waals surface area contributed by atoms with Crippen LogP contribution in [0.3, 0.4) is 0 Å². The van der Waals surface area contributed by atoms with E-state index in [9.17, 15) is 4.79 Å².